The van der Waals surface area contributed by atoms with E-state index in [2.05, 4.69) is 27.9 Å². The van der Waals surface area contributed by atoms with Crippen molar-refractivity contribution in [2.75, 3.05) is 25.6 Å². The summed E-state index contributed by atoms with van der Waals surface area (Å²) in [6.45, 7) is 1.84. The Morgan fingerprint density at radius 1 is 1.26 bits per heavy atom. The second-order valence-corrected chi connectivity index (χ2v) is 6.85. The molecule has 1 aliphatic heterocycles. The minimum Gasteiger partial charge on any atom is -0.493 e. The van der Waals surface area contributed by atoms with Crippen LogP contribution in [0.3, 0.4) is 0 Å². The lowest BCUT2D eigenvalue weighted by atomic mass is 10.0. The molecule has 2 aromatic carbocycles. The number of halogens is 1. The summed E-state index contributed by atoms with van der Waals surface area (Å²) in [5, 5.41) is 2.85. The predicted octanol–water partition coefficient (Wildman–Crippen LogP) is 3.73. The first kappa shape index (κ1) is 19.2. The summed E-state index contributed by atoms with van der Waals surface area (Å²) in [6.07, 6.45) is 1.81. The predicted molar refractivity (Wildman–Crippen MR) is 111 cm³/mol. The van der Waals surface area contributed by atoms with Crippen molar-refractivity contribution in [2.24, 2.45) is 0 Å². The fourth-order valence-corrected chi connectivity index (χ4v) is 3.53. The van der Waals surface area contributed by atoms with Crippen LogP contribution in [0.2, 0.25) is 0 Å². The van der Waals surface area contributed by atoms with Crippen LogP contribution in [0.25, 0.3) is 11.6 Å². The zero-order chi connectivity index (χ0) is 19.4. The summed E-state index contributed by atoms with van der Waals surface area (Å²) in [4.78, 5) is 23.8. The Morgan fingerprint density at radius 3 is 2.78 bits per heavy atom. The minimum atomic E-state index is -0.444. The van der Waals surface area contributed by atoms with Crippen molar-refractivity contribution in [1.29, 1.82) is 0 Å². The number of nitrogens with one attached hydrogen (secondary N) is 1. The van der Waals surface area contributed by atoms with Gasteiger partial charge in [0.2, 0.25) is 0 Å². The molecule has 0 fully saturated rings. The molecule has 0 spiro atoms. The summed E-state index contributed by atoms with van der Waals surface area (Å²) in [6, 6.07) is 11.2. The van der Waals surface area contributed by atoms with E-state index in [1.807, 2.05) is 30.3 Å². The summed E-state index contributed by atoms with van der Waals surface area (Å²) in [5.74, 6) is 0.350. The molecule has 2 aromatic rings. The molecule has 1 N–H and O–H groups in total. The van der Waals surface area contributed by atoms with E-state index in [1.165, 1.54) is 7.11 Å². The molecule has 1 heterocycles. The SMILES string of the molecule is CCOC(=O)COc1c(I)cc(C=C2C(=O)Nc3ccccc32)cc1OC. The van der Waals surface area contributed by atoms with Crippen molar-refractivity contribution in [3.05, 3.63) is 51.1 Å². The molecule has 0 saturated heterocycles. The molecule has 6 nitrogen and oxygen atoms in total. The van der Waals surface area contributed by atoms with Gasteiger partial charge in [-0.05, 0) is 59.4 Å². The van der Waals surface area contributed by atoms with Crippen molar-refractivity contribution in [2.45, 2.75) is 6.92 Å². The van der Waals surface area contributed by atoms with Gasteiger partial charge in [-0.3, -0.25) is 4.79 Å². The van der Waals surface area contributed by atoms with E-state index in [-0.39, 0.29) is 12.5 Å². The maximum atomic E-state index is 12.3. The van der Waals surface area contributed by atoms with Gasteiger partial charge in [0.15, 0.2) is 18.1 Å². The average molecular weight is 479 g/mol. The van der Waals surface area contributed by atoms with E-state index in [0.717, 1.165) is 20.4 Å². The summed E-state index contributed by atoms with van der Waals surface area (Å²) >= 11 is 2.11. The van der Waals surface area contributed by atoms with Crippen LogP contribution in [0.4, 0.5) is 5.69 Å². The van der Waals surface area contributed by atoms with Crippen molar-refractivity contribution in [1.82, 2.24) is 0 Å². The topological polar surface area (TPSA) is 73.9 Å². The lowest BCUT2D eigenvalue weighted by Gasteiger charge is -2.13. The number of carbonyl (C=O) groups excluding carboxylic acids is 2. The third-order valence-electron chi connectivity index (χ3n) is 3.91. The van der Waals surface area contributed by atoms with Crippen molar-refractivity contribution >= 4 is 51.8 Å². The molecule has 3 rings (SSSR count). The van der Waals surface area contributed by atoms with Gasteiger partial charge in [-0.2, -0.15) is 0 Å². The normalized spacial score (nSPS) is 13.9. The van der Waals surface area contributed by atoms with E-state index in [0.29, 0.717) is 23.7 Å². The van der Waals surface area contributed by atoms with Gasteiger partial charge in [0.05, 0.1) is 17.3 Å². The number of benzene rings is 2. The van der Waals surface area contributed by atoms with Gasteiger partial charge < -0.3 is 19.5 Å². The van der Waals surface area contributed by atoms with Crippen LogP contribution in [0, 0.1) is 3.57 Å². The first-order valence-electron chi connectivity index (χ1n) is 8.32. The van der Waals surface area contributed by atoms with Crippen molar-refractivity contribution < 1.29 is 23.8 Å². The molecular formula is C20H18INO5. The van der Waals surface area contributed by atoms with Crippen molar-refractivity contribution in [3.8, 4) is 11.5 Å². The van der Waals surface area contributed by atoms with Gasteiger partial charge in [-0.1, -0.05) is 18.2 Å². The molecule has 0 atom stereocenters. The number of hydrogen-bond donors (Lipinski definition) is 1. The minimum absolute atomic E-state index is 0.146. The Hall–Kier alpha value is -2.55. The number of carbonyl (C=O) groups is 2. The van der Waals surface area contributed by atoms with Crippen LogP contribution in [0.15, 0.2) is 36.4 Å². The van der Waals surface area contributed by atoms with E-state index in [4.69, 9.17) is 14.2 Å². The second-order valence-electron chi connectivity index (χ2n) is 5.69. The summed E-state index contributed by atoms with van der Waals surface area (Å²) < 4.78 is 16.6. The van der Waals surface area contributed by atoms with Gasteiger partial charge in [-0.15, -0.1) is 0 Å². The Labute approximate surface area is 170 Å². The number of methoxy groups -OCH3 is 1. The van der Waals surface area contributed by atoms with Gasteiger partial charge >= 0.3 is 5.97 Å². The number of hydrogen-bond acceptors (Lipinski definition) is 5. The third-order valence-corrected chi connectivity index (χ3v) is 4.71. The molecule has 0 aromatic heterocycles. The maximum absolute atomic E-state index is 12.3. The number of ether oxygens (including phenoxy) is 3. The van der Waals surface area contributed by atoms with Gasteiger partial charge in [0.1, 0.15) is 0 Å². The highest BCUT2D eigenvalue weighted by molar-refractivity contribution is 14.1. The number of para-hydroxylation sites is 1. The van der Waals surface area contributed by atoms with Crippen LogP contribution < -0.4 is 14.8 Å². The Balaban J connectivity index is 1.91. The Kier molecular flexibility index (Phi) is 6.00. The summed E-state index contributed by atoms with van der Waals surface area (Å²) in [5.41, 5.74) is 3.04. The largest absolute Gasteiger partial charge is 0.493 e. The number of anilines is 1. The Bertz CT molecular complexity index is 923. The van der Waals surface area contributed by atoms with E-state index >= 15 is 0 Å². The first-order valence-corrected chi connectivity index (χ1v) is 9.39. The molecule has 140 valence electrons. The van der Waals surface area contributed by atoms with E-state index in [9.17, 15) is 9.59 Å². The van der Waals surface area contributed by atoms with E-state index in [1.54, 1.807) is 19.1 Å². The maximum Gasteiger partial charge on any atom is 0.344 e. The van der Waals surface area contributed by atoms with Crippen LogP contribution in [0.1, 0.15) is 18.1 Å². The van der Waals surface area contributed by atoms with Gasteiger partial charge in [-0.25, -0.2) is 4.79 Å². The van der Waals surface area contributed by atoms with Crippen LogP contribution in [-0.4, -0.2) is 32.2 Å². The lowest BCUT2D eigenvalue weighted by Crippen LogP contribution is -2.15. The molecule has 1 aliphatic rings. The van der Waals surface area contributed by atoms with Crippen LogP contribution >= 0.6 is 22.6 Å². The second kappa shape index (κ2) is 8.43. The molecule has 27 heavy (non-hydrogen) atoms. The first-order chi connectivity index (χ1) is 13.0. The third kappa shape index (κ3) is 4.24. The molecule has 0 aliphatic carbocycles. The van der Waals surface area contributed by atoms with E-state index < -0.39 is 5.97 Å². The number of esters is 1. The molecule has 7 heteroatoms. The number of fused-ring (bicyclic) bond motifs is 1. The average Bonchev–Trinajstić information content (AvgIpc) is 2.96. The molecule has 0 radical (unpaired) electrons. The lowest BCUT2D eigenvalue weighted by molar-refractivity contribution is -0.145. The smallest absolute Gasteiger partial charge is 0.344 e. The monoisotopic (exact) mass is 479 g/mol. The van der Waals surface area contributed by atoms with Crippen LogP contribution in [-0.2, 0) is 14.3 Å². The highest BCUT2D eigenvalue weighted by atomic mass is 127. The molecular weight excluding hydrogens is 461 g/mol. The quantitative estimate of drug-likeness (QED) is 0.389. The highest BCUT2D eigenvalue weighted by Gasteiger charge is 2.23. The highest BCUT2D eigenvalue weighted by Crippen LogP contribution is 2.37. The fraction of sp³-hybridized carbons (Fsp3) is 0.200. The van der Waals surface area contributed by atoms with Gasteiger partial charge in [0, 0.05) is 16.8 Å². The standard InChI is InChI=1S/C20H18INO5/c1-3-26-18(23)11-27-19-15(21)9-12(10-17(19)25-2)8-14-13-6-4-5-7-16(13)22-20(14)24/h4-10H,3,11H2,1-2H3,(H,22,24). The number of amides is 1. The summed E-state index contributed by atoms with van der Waals surface area (Å²) in [7, 11) is 1.52. The van der Waals surface area contributed by atoms with Crippen molar-refractivity contribution in [3.63, 3.8) is 0 Å². The molecule has 0 bridgehead atoms. The fourth-order valence-electron chi connectivity index (χ4n) is 2.75. The van der Waals surface area contributed by atoms with Gasteiger partial charge in [0.25, 0.3) is 5.91 Å². The molecule has 1 amide bonds. The van der Waals surface area contributed by atoms with Crippen LogP contribution in [0.5, 0.6) is 11.5 Å². The zero-order valence-corrected chi connectivity index (χ0v) is 17.0. The molecule has 0 saturated carbocycles. The molecule has 0 unspecified atom stereocenters. The Morgan fingerprint density at radius 2 is 2.04 bits per heavy atom. The number of rotatable bonds is 6. The zero-order valence-electron chi connectivity index (χ0n) is 14.9.